The summed E-state index contributed by atoms with van der Waals surface area (Å²) in [4.78, 5) is 4.63. The third kappa shape index (κ3) is 3.32. The van der Waals surface area contributed by atoms with Crippen molar-refractivity contribution in [2.75, 3.05) is 6.54 Å². The van der Waals surface area contributed by atoms with Crippen LogP contribution in [0, 0.1) is 0 Å². The third-order valence-corrected chi connectivity index (χ3v) is 4.16. The molecule has 2 heteroatoms. The van der Waals surface area contributed by atoms with Gasteiger partial charge in [0.05, 0.1) is 0 Å². The zero-order chi connectivity index (χ0) is 12.8. The lowest BCUT2D eigenvalue weighted by atomic mass is 9.83. The molecular formula is C16H26N2. The van der Waals surface area contributed by atoms with Crippen LogP contribution >= 0.6 is 0 Å². The molecule has 100 valence electrons. The molecule has 2 rings (SSSR count). The van der Waals surface area contributed by atoms with E-state index in [0.29, 0.717) is 12.0 Å². The quantitative estimate of drug-likeness (QED) is 0.828. The minimum absolute atomic E-state index is 0.684. The molecule has 0 bridgehead atoms. The number of fused-ring (bicyclic) bond motifs is 1. The molecule has 0 aliphatic heterocycles. The predicted octanol–water partition coefficient (Wildman–Crippen LogP) is 3.67. The Labute approximate surface area is 111 Å². The van der Waals surface area contributed by atoms with Gasteiger partial charge in [-0.2, -0.15) is 0 Å². The van der Waals surface area contributed by atoms with Crippen molar-refractivity contribution in [1.29, 1.82) is 0 Å². The lowest BCUT2D eigenvalue weighted by Crippen LogP contribution is -2.28. The van der Waals surface area contributed by atoms with E-state index in [4.69, 9.17) is 0 Å². The van der Waals surface area contributed by atoms with Crippen molar-refractivity contribution in [1.82, 2.24) is 10.3 Å². The van der Waals surface area contributed by atoms with Crippen molar-refractivity contribution in [3.8, 4) is 0 Å². The second-order valence-electron chi connectivity index (χ2n) is 5.38. The van der Waals surface area contributed by atoms with Crippen molar-refractivity contribution in [3.05, 3.63) is 29.6 Å². The van der Waals surface area contributed by atoms with Gasteiger partial charge in [-0.25, -0.2) is 0 Å². The second kappa shape index (κ2) is 6.89. The van der Waals surface area contributed by atoms with Crippen LogP contribution in [0.15, 0.2) is 18.3 Å². The molecular weight excluding hydrogens is 220 g/mol. The van der Waals surface area contributed by atoms with Gasteiger partial charge >= 0.3 is 0 Å². The SMILES string of the molecule is CCNC(CC)CCC1CCCc2cccnc21. The molecule has 1 N–H and O–H groups in total. The molecule has 0 fully saturated rings. The number of hydrogen-bond donors (Lipinski definition) is 1. The highest BCUT2D eigenvalue weighted by molar-refractivity contribution is 5.25. The zero-order valence-corrected chi connectivity index (χ0v) is 11.8. The fourth-order valence-electron chi connectivity index (χ4n) is 3.13. The molecule has 0 aromatic carbocycles. The molecule has 0 amide bonds. The standard InChI is InChI=1S/C16H26N2/c1-3-15(17-4-2)11-10-14-8-5-7-13-9-6-12-18-16(13)14/h6,9,12,14-15,17H,3-5,7-8,10-11H2,1-2H3. The third-order valence-electron chi connectivity index (χ3n) is 4.16. The molecule has 1 aromatic heterocycles. The Hall–Kier alpha value is -0.890. The van der Waals surface area contributed by atoms with Crippen molar-refractivity contribution >= 4 is 0 Å². The van der Waals surface area contributed by atoms with E-state index < -0.39 is 0 Å². The Morgan fingerprint density at radius 2 is 2.33 bits per heavy atom. The van der Waals surface area contributed by atoms with E-state index in [1.54, 1.807) is 0 Å². The summed E-state index contributed by atoms with van der Waals surface area (Å²) < 4.78 is 0. The minimum Gasteiger partial charge on any atom is -0.314 e. The summed E-state index contributed by atoms with van der Waals surface area (Å²) in [7, 11) is 0. The molecule has 0 saturated heterocycles. The van der Waals surface area contributed by atoms with Gasteiger partial charge in [0.1, 0.15) is 0 Å². The lowest BCUT2D eigenvalue weighted by molar-refractivity contribution is 0.416. The molecule has 1 aliphatic rings. The van der Waals surface area contributed by atoms with Gasteiger partial charge < -0.3 is 5.32 Å². The molecule has 2 nitrogen and oxygen atoms in total. The van der Waals surface area contributed by atoms with E-state index in [1.807, 2.05) is 6.20 Å². The van der Waals surface area contributed by atoms with Gasteiger partial charge in [0.2, 0.25) is 0 Å². The van der Waals surface area contributed by atoms with Crippen LogP contribution in [-0.4, -0.2) is 17.6 Å². The highest BCUT2D eigenvalue weighted by atomic mass is 14.9. The Morgan fingerprint density at radius 1 is 1.44 bits per heavy atom. The first kappa shape index (κ1) is 13.5. The maximum absolute atomic E-state index is 4.63. The summed E-state index contributed by atoms with van der Waals surface area (Å²) in [6, 6.07) is 5.02. The van der Waals surface area contributed by atoms with Gasteiger partial charge in [0, 0.05) is 23.9 Å². The van der Waals surface area contributed by atoms with E-state index >= 15 is 0 Å². The number of rotatable bonds is 6. The fourth-order valence-corrected chi connectivity index (χ4v) is 3.13. The molecule has 1 heterocycles. The summed E-state index contributed by atoms with van der Waals surface area (Å²) in [6.45, 7) is 5.55. The zero-order valence-electron chi connectivity index (χ0n) is 11.8. The van der Waals surface area contributed by atoms with Crippen molar-refractivity contribution < 1.29 is 0 Å². The molecule has 0 spiro atoms. The van der Waals surface area contributed by atoms with Crippen LogP contribution in [-0.2, 0) is 6.42 Å². The molecule has 2 unspecified atom stereocenters. The van der Waals surface area contributed by atoms with E-state index in [-0.39, 0.29) is 0 Å². The number of pyridine rings is 1. The maximum atomic E-state index is 4.63. The van der Waals surface area contributed by atoms with Crippen LogP contribution in [0.3, 0.4) is 0 Å². The first-order valence-electron chi connectivity index (χ1n) is 7.52. The van der Waals surface area contributed by atoms with Crippen LogP contribution in [0.4, 0.5) is 0 Å². The summed E-state index contributed by atoms with van der Waals surface area (Å²) in [6.07, 6.45) is 9.65. The normalized spacial score (nSPS) is 20.4. The molecule has 18 heavy (non-hydrogen) atoms. The summed E-state index contributed by atoms with van der Waals surface area (Å²) in [5, 5.41) is 3.58. The van der Waals surface area contributed by atoms with Crippen LogP contribution in [0.1, 0.15) is 63.1 Å². The van der Waals surface area contributed by atoms with Gasteiger partial charge in [0.25, 0.3) is 0 Å². The second-order valence-corrected chi connectivity index (χ2v) is 5.38. The van der Waals surface area contributed by atoms with Crippen molar-refractivity contribution in [2.45, 2.75) is 64.3 Å². The first-order valence-corrected chi connectivity index (χ1v) is 7.52. The van der Waals surface area contributed by atoms with Gasteiger partial charge in [-0.1, -0.05) is 19.9 Å². The Balaban J connectivity index is 1.94. The average molecular weight is 246 g/mol. The Kier molecular flexibility index (Phi) is 5.18. The fraction of sp³-hybridized carbons (Fsp3) is 0.688. The molecule has 0 saturated carbocycles. The molecule has 0 radical (unpaired) electrons. The predicted molar refractivity (Wildman–Crippen MR) is 76.9 cm³/mol. The average Bonchev–Trinajstić information content (AvgIpc) is 2.43. The van der Waals surface area contributed by atoms with E-state index in [1.165, 1.54) is 49.8 Å². The Bertz CT molecular complexity index is 362. The summed E-state index contributed by atoms with van der Waals surface area (Å²) in [5.41, 5.74) is 2.88. The van der Waals surface area contributed by atoms with Crippen LogP contribution < -0.4 is 5.32 Å². The molecule has 1 aliphatic carbocycles. The van der Waals surface area contributed by atoms with E-state index in [0.717, 1.165) is 6.54 Å². The number of aromatic nitrogens is 1. The molecule has 1 aromatic rings. The van der Waals surface area contributed by atoms with Gasteiger partial charge in [-0.15, -0.1) is 0 Å². The monoisotopic (exact) mass is 246 g/mol. The highest BCUT2D eigenvalue weighted by Gasteiger charge is 2.21. The summed E-state index contributed by atoms with van der Waals surface area (Å²) >= 11 is 0. The minimum atomic E-state index is 0.684. The van der Waals surface area contributed by atoms with Crippen LogP contribution in [0.2, 0.25) is 0 Å². The van der Waals surface area contributed by atoms with Gasteiger partial charge in [0.15, 0.2) is 0 Å². The van der Waals surface area contributed by atoms with Crippen LogP contribution in [0.25, 0.3) is 0 Å². The van der Waals surface area contributed by atoms with E-state index in [9.17, 15) is 0 Å². The Morgan fingerprint density at radius 3 is 3.11 bits per heavy atom. The number of aryl methyl sites for hydroxylation is 1. The summed E-state index contributed by atoms with van der Waals surface area (Å²) in [5.74, 6) is 0.697. The van der Waals surface area contributed by atoms with Crippen molar-refractivity contribution in [3.63, 3.8) is 0 Å². The first-order chi connectivity index (χ1) is 8.85. The van der Waals surface area contributed by atoms with Gasteiger partial charge in [-0.05, 0) is 56.7 Å². The lowest BCUT2D eigenvalue weighted by Gasteiger charge is -2.26. The topological polar surface area (TPSA) is 24.9 Å². The number of hydrogen-bond acceptors (Lipinski definition) is 2. The van der Waals surface area contributed by atoms with Gasteiger partial charge in [-0.3, -0.25) is 4.98 Å². The number of nitrogens with one attached hydrogen (secondary N) is 1. The smallest absolute Gasteiger partial charge is 0.0466 e. The molecule has 2 atom stereocenters. The van der Waals surface area contributed by atoms with E-state index in [2.05, 4.69) is 36.3 Å². The van der Waals surface area contributed by atoms with Crippen molar-refractivity contribution in [2.24, 2.45) is 0 Å². The largest absolute Gasteiger partial charge is 0.314 e. The maximum Gasteiger partial charge on any atom is 0.0466 e. The number of nitrogens with zero attached hydrogens (tertiary/aromatic N) is 1. The highest BCUT2D eigenvalue weighted by Crippen LogP contribution is 2.33. The van der Waals surface area contributed by atoms with Crippen LogP contribution in [0.5, 0.6) is 0 Å².